The maximum absolute atomic E-state index is 15.0. The number of amidine groups is 1. The van der Waals surface area contributed by atoms with Gasteiger partial charge in [-0.2, -0.15) is 0 Å². The molecule has 0 aromatic heterocycles. The molecule has 1 aromatic rings. The van der Waals surface area contributed by atoms with E-state index in [-0.39, 0.29) is 25.0 Å². The standard InChI is InChI=1S/C25H31FN4O3S/c1-5-33-24(32)22-16(2)27-25-30(23(22)19-8-6-7-9-20(19)26)18(15-34-25)14-21(31)29(4)17-10-12-28(3)13-11-17/h6-9,15,17,23H,5,10-14H2,1-4H3/t23-/m1/s1. The molecule has 0 radical (unpaired) electrons. The van der Waals surface area contributed by atoms with Gasteiger partial charge in [-0.3, -0.25) is 4.79 Å². The molecule has 1 amide bonds. The van der Waals surface area contributed by atoms with Crippen molar-refractivity contribution in [3.8, 4) is 0 Å². The molecule has 0 unspecified atom stereocenters. The summed E-state index contributed by atoms with van der Waals surface area (Å²) >= 11 is 1.39. The molecule has 0 aliphatic carbocycles. The Morgan fingerprint density at radius 1 is 1.26 bits per heavy atom. The summed E-state index contributed by atoms with van der Waals surface area (Å²) in [6.45, 7) is 5.60. The Hall–Kier alpha value is -2.65. The topological polar surface area (TPSA) is 65.5 Å². The maximum atomic E-state index is 15.0. The highest BCUT2D eigenvalue weighted by molar-refractivity contribution is 8.16. The molecule has 1 aromatic carbocycles. The van der Waals surface area contributed by atoms with E-state index in [4.69, 9.17) is 4.74 Å². The number of thioether (sulfide) groups is 1. The third-order valence-corrected chi connectivity index (χ3v) is 7.55. The highest BCUT2D eigenvalue weighted by Gasteiger charge is 2.42. The van der Waals surface area contributed by atoms with Crippen molar-refractivity contribution >= 4 is 28.8 Å². The zero-order valence-corrected chi connectivity index (χ0v) is 20.9. The SMILES string of the molecule is CCOC(=O)C1=C(C)N=C2SC=C(CC(=O)N(C)C3CCN(C)CC3)N2[C@@H]1c1ccccc1F. The lowest BCUT2D eigenvalue weighted by molar-refractivity contribution is -0.139. The van der Waals surface area contributed by atoms with Gasteiger partial charge < -0.3 is 19.4 Å². The molecule has 3 heterocycles. The second kappa shape index (κ2) is 10.3. The van der Waals surface area contributed by atoms with Gasteiger partial charge in [0.25, 0.3) is 0 Å². The van der Waals surface area contributed by atoms with Crippen LogP contribution in [0.1, 0.15) is 44.7 Å². The smallest absolute Gasteiger partial charge is 0.338 e. The van der Waals surface area contributed by atoms with Crippen LogP contribution in [0.5, 0.6) is 0 Å². The molecular weight excluding hydrogens is 455 g/mol. The summed E-state index contributed by atoms with van der Waals surface area (Å²) in [5.41, 5.74) is 1.84. The number of hydrogen-bond acceptors (Lipinski definition) is 7. The summed E-state index contributed by atoms with van der Waals surface area (Å²) in [7, 11) is 3.95. The van der Waals surface area contributed by atoms with Crippen molar-refractivity contribution in [3.63, 3.8) is 0 Å². The van der Waals surface area contributed by atoms with E-state index in [9.17, 15) is 9.59 Å². The zero-order valence-electron chi connectivity index (χ0n) is 20.1. The first-order valence-electron chi connectivity index (χ1n) is 11.6. The molecule has 3 aliphatic rings. The number of piperidine rings is 1. The largest absolute Gasteiger partial charge is 0.463 e. The van der Waals surface area contributed by atoms with Gasteiger partial charge in [0.05, 0.1) is 30.3 Å². The number of fused-ring (bicyclic) bond motifs is 1. The van der Waals surface area contributed by atoms with Crippen LogP contribution in [0.15, 0.2) is 51.6 Å². The summed E-state index contributed by atoms with van der Waals surface area (Å²) in [6.07, 6.45) is 2.03. The van der Waals surface area contributed by atoms with Gasteiger partial charge in [0.15, 0.2) is 5.17 Å². The van der Waals surface area contributed by atoms with Crippen molar-refractivity contribution < 1.29 is 18.7 Å². The molecule has 0 spiro atoms. The summed E-state index contributed by atoms with van der Waals surface area (Å²) < 4.78 is 20.3. The number of benzene rings is 1. The summed E-state index contributed by atoms with van der Waals surface area (Å²) in [5.74, 6) is -0.949. The molecule has 0 bridgehead atoms. The number of aliphatic imine (C=N–C) groups is 1. The number of esters is 1. The second-order valence-corrected chi connectivity index (χ2v) is 9.69. The van der Waals surface area contributed by atoms with Crippen LogP contribution in [-0.4, -0.2) is 71.6 Å². The van der Waals surface area contributed by atoms with Crippen molar-refractivity contribution in [3.05, 3.63) is 58.0 Å². The number of rotatable bonds is 6. The summed E-state index contributed by atoms with van der Waals surface area (Å²) in [5, 5.41) is 2.51. The van der Waals surface area contributed by atoms with E-state index < -0.39 is 17.8 Å². The van der Waals surface area contributed by atoms with Crippen LogP contribution in [0.2, 0.25) is 0 Å². The molecule has 0 saturated carbocycles. The van der Waals surface area contributed by atoms with Gasteiger partial charge in [-0.15, -0.1) is 0 Å². The number of halogens is 1. The average Bonchev–Trinajstić information content (AvgIpc) is 3.20. The van der Waals surface area contributed by atoms with E-state index in [1.54, 1.807) is 32.0 Å². The zero-order chi connectivity index (χ0) is 24.4. The maximum Gasteiger partial charge on any atom is 0.338 e. The van der Waals surface area contributed by atoms with E-state index in [2.05, 4.69) is 16.9 Å². The van der Waals surface area contributed by atoms with E-state index in [1.165, 1.54) is 17.8 Å². The fourth-order valence-electron chi connectivity index (χ4n) is 4.70. The Morgan fingerprint density at radius 3 is 2.65 bits per heavy atom. The lowest BCUT2D eigenvalue weighted by Crippen LogP contribution is -2.45. The van der Waals surface area contributed by atoms with Gasteiger partial charge >= 0.3 is 5.97 Å². The number of likely N-dealkylation sites (tertiary alicyclic amines) is 1. The van der Waals surface area contributed by atoms with Crippen molar-refractivity contribution in [2.75, 3.05) is 33.8 Å². The first kappa shape index (κ1) is 24.5. The normalized spacial score (nSPS) is 21.2. The van der Waals surface area contributed by atoms with Gasteiger partial charge in [-0.1, -0.05) is 30.0 Å². The van der Waals surface area contributed by atoms with E-state index in [0.29, 0.717) is 27.7 Å². The molecule has 9 heteroatoms. The van der Waals surface area contributed by atoms with Crippen LogP contribution < -0.4 is 0 Å². The van der Waals surface area contributed by atoms with Crippen LogP contribution in [0.25, 0.3) is 0 Å². The van der Waals surface area contributed by atoms with Crippen molar-refractivity contribution in [2.24, 2.45) is 4.99 Å². The third kappa shape index (κ3) is 4.77. The highest BCUT2D eigenvalue weighted by atomic mass is 32.2. The Labute approximate surface area is 204 Å². The van der Waals surface area contributed by atoms with Crippen molar-refractivity contribution in [1.29, 1.82) is 0 Å². The number of hydrogen-bond donors (Lipinski definition) is 0. The molecular formula is C25H31FN4O3S. The monoisotopic (exact) mass is 486 g/mol. The molecule has 0 N–H and O–H groups in total. The van der Waals surface area contributed by atoms with Crippen LogP contribution in [-0.2, 0) is 14.3 Å². The van der Waals surface area contributed by atoms with Gasteiger partial charge in [0, 0.05) is 24.4 Å². The molecule has 34 heavy (non-hydrogen) atoms. The van der Waals surface area contributed by atoms with Crippen LogP contribution in [0.3, 0.4) is 0 Å². The van der Waals surface area contributed by atoms with Crippen molar-refractivity contribution in [2.45, 2.75) is 45.2 Å². The van der Waals surface area contributed by atoms with E-state index in [1.807, 2.05) is 22.3 Å². The Balaban J connectivity index is 1.64. The van der Waals surface area contributed by atoms with E-state index in [0.717, 1.165) is 25.9 Å². The van der Waals surface area contributed by atoms with Crippen molar-refractivity contribution in [1.82, 2.24) is 14.7 Å². The minimum absolute atomic E-state index is 0.00102. The number of allylic oxidation sites excluding steroid dienone is 1. The van der Waals surface area contributed by atoms with E-state index >= 15 is 4.39 Å². The number of ether oxygens (including phenoxy) is 1. The lowest BCUT2D eigenvalue weighted by atomic mass is 9.93. The average molecular weight is 487 g/mol. The molecule has 1 fully saturated rings. The number of carbonyl (C=O) groups is 2. The fourth-order valence-corrected chi connectivity index (χ4v) is 5.66. The number of nitrogens with zero attached hydrogens (tertiary/aromatic N) is 4. The molecule has 1 saturated heterocycles. The van der Waals surface area contributed by atoms with Crippen LogP contribution in [0, 0.1) is 5.82 Å². The lowest BCUT2D eigenvalue weighted by Gasteiger charge is -2.38. The molecule has 1 atom stereocenters. The third-order valence-electron chi connectivity index (χ3n) is 6.66. The van der Waals surface area contributed by atoms with Gasteiger partial charge in [-0.25, -0.2) is 14.2 Å². The molecule has 3 aliphatic heterocycles. The fraction of sp³-hybridized carbons (Fsp3) is 0.480. The summed E-state index contributed by atoms with van der Waals surface area (Å²) in [6, 6.07) is 5.86. The highest BCUT2D eigenvalue weighted by Crippen LogP contribution is 2.45. The minimum atomic E-state index is -0.754. The first-order chi connectivity index (χ1) is 16.3. The summed E-state index contributed by atoms with van der Waals surface area (Å²) in [4.78, 5) is 36.8. The second-order valence-electron chi connectivity index (χ2n) is 8.85. The predicted molar refractivity (Wildman–Crippen MR) is 131 cm³/mol. The Bertz CT molecular complexity index is 1060. The van der Waals surface area contributed by atoms with Crippen LogP contribution in [0.4, 0.5) is 4.39 Å². The molecule has 182 valence electrons. The van der Waals surface area contributed by atoms with Crippen LogP contribution >= 0.6 is 11.8 Å². The number of carbonyl (C=O) groups excluding carboxylic acids is 2. The van der Waals surface area contributed by atoms with Gasteiger partial charge in [-0.05, 0) is 58.3 Å². The first-order valence-corrected chi connectivity index (χ1v) is 12.5. The minimum Gasteiger partial charge on any atom is -0.463 e. The number of amides is 1. The molecule has 4 rings (SSSR count). The Kier molecular flexibility index (Phi) is 7.42. The van der Waals surface area contributed by atoms with Gasteiger partial charge in [0.2, 0.25) is 5.91 Å². The Morgan fingerprint density at radius 2 is 1.97 bits per heavy atom. The predicted octanol–water partition coefficient (Wildman–Crippen LogP) is 3.91. The quantitative estimate of drug-likeness (QED) is 0.568. The molecule has 7 nitrogen and oxygen atoms in total. The van der Waals surface area contributed by atoms with Gasteiger partial charge in [0.1, 0.15) is 5.82 Å².